The second-order valence-corrected chi connectivity index (χ2v) is 5.88. The van der Waals surface area contributed by atoms with Gasteiger partial charge in [-0.3, -0.25) is 9.59 Å². The second-order valence-electron chi connectivity index (χ2n) is 4.40. The molecule has 0 aliphatic heterocycles. The molecular weight excluding hydrogens is 288 g/mol. The number of hydrogen-bond acceptors (Lipinski definition) is 5. The van der Waals surface area contributed by atoms with Crippen LogP contribution in [0.25, 0.3) is 0 Å². The minimum absolute atomic E-state index is 0.0797. The van der Waals surface area contributed by atoms with E-state index >= 15 is 0 Å². The maximum Gasteiger partial charge on any atom is 0.244 e. The Morgan fingerprint density at radius 2 is 1.63 bits per heavy atom. The van der Waals surface area contributed by atoms with Crippen LogP contribution in [-0.2, 0) is 19.1 Å². The van der Waals surface area contributed by atoms with Crippen LogP contribution in [-0.4, -0.2) is 31.5 Å². The summed E-state index contributed by atoms with van der Waals surface area (Å²) in [6, 6.07) is 0. The van der Waals surface area contributed by atoms with Gasteiger partial charge in [0.05, 0.1) is 19.1 Å². The summed E-state index contributed by atoms with van der Waals surface area (Å²) >= 11 is 7.24. The summed E-state index contributed by atoms with van der Waals surface area (Å²) < 4.78 is 9.86. The smallest absolute Gasteiger partial charge is 0.244 e. The predicted octanol–water partition coefficient (Wildman–Crippen LogP) is 2.87. The maximum absolute atomic E-state index is 12.2. The molecule has 0 spiro atoms. The number of allylic oxidation sites excluding steroid dienone is 2. The van der Waals surface area contributed by atoms with E-state index < -0.39 is 11.6 Å². The van der Waals surface area contributed by atoms with E-state index in [1.54, 1.807) is 0 Å². The van der Waals surface area contributed by atoms with E-state index in [2.05, 4.69) is 13.8 Å². The number of ether oxygens (including phenoxy) is 2. The van der Waals surface area contributed by atoms with E-state index in [1.807, 2.05) is 0 Å². The number of hydrogen-bond donors (Lipinski definition) is 0. The summed E-state index contributed by atoms with van der Waals surface area (Å²) in [6.07, 6.45) is 0.934. The lowest BCUT2D eigenvalue weighted by molar-refractivity contribution is -0.120. The number of carbonyl (C=O) groups is 2. The molecule has 4 nitrogen and oxygen atoms in total. The van der Waals surface area contributed by atoms with E-state index in [0.717, 1.165) is 12.2 Å². The molecule has 0 aromatic carbocycles. The topological polar surface area (TPSA) is 52.6 Å². The molecule has 0 aromatic heterocycles. The highest BCUT2D eigenvalue weighted by Crippen LogP contribution is 2.34. The Kier molecular flexibility index (Phi) is 5.94. The Hall–Kier alpha value is -0.940. The Bertz CT molecular complexity index is 452. The lowest BCUT2D eigenvalue weighted by Gasteiger charge is -2.18. The van der Waals surface area contributed by atoms with Crippen molar-refractivity contribution in [2.75, 3.05) is 20.0 Å². The molecule has 0 heterocycles. The van der Waals surface area contributed by atoms with Gasteiger partial charge in [0.2, 0.25) is 23.1 Å². The van der Waals surface area contributed by atoms with Gasteiger partial charge in [0, 0.05) is 0 Å². The van der Waals surface area contributed by atoms with Crippen molar-refractivity contribution in [2.45, 2.75) is 20.3 Å². The van der Waals surface area contributed by atoms with Crippen LogP contribution in [0.4, 0.5) is 0 Å². The number of rotatable bonds is 6. The minimum Gasteiger partial charge on any atom is -0.489 e. The first-order valence-electron chi connectivity index (χ1n) is 5.88. The molecule has 0 aromatic rings. The summed E-state index contributed by atoms with van der Waals surface area (Å²) in [7, 11) is 2.63. The van der Waals surface area contributed by atoms with Crippen molar-refractivity contribution < 1.29 is 19.1 Å². The van der Waals surface area contributed by atoms with Crippen LogP contribution in [0.15, 0.2) is 21.5 Å². The predicted molar refractivity (Wildman–Crippen MR) is 75.9 cm³/mol. The first kappa shape index (κ1) is 16.1. The first-order chi connectivity index (χ1) is 8.93. The van der Waals surface area contributed by atoms with E-state index in [9.17, 15) is 9.59 Å². The molecule has 0 saturated heterocycles. The van der Waals surface area contributed by atoms with Gasteiger partial charge in [-0.15, -0.1) is 11.8 Å². The van der Waals surface area contributed by atoms with Gasteiger partial charge in [0.15, 0.2) is 0 Å². The number of carbonyl (C=O) groups excluding carboxylic acids is 2. The van der Waals surface area contributed by atoms with Crippen LogP contribution in [0.2, 0.25) is 0 Å². The molecular formula is C13H17ClO4S. The van der Waals surface area contributed by atoms with E-state index in [0.29, 0.717) is 5.92 Å². The first-order valence-corrected chi connectivity index (χ1v) is 7.24. The number of Topliss-reactive ketones (excluding diaryl/α,β-unsaturated/α-hetero) is 2. The second kappa shape index (κ2) is 7.01. The minimum atomic E-state index is -0.507. The summed E-state index contributed by atoms with van der Waals surface area (Å²) in [4.78, 5) is 24.4. The molecule has 0 fully saturated rings. The van der Waals surface area contributed by atoms with Gasteiger partial charge < -0.3 is 9.47 Å². The van der Waals surface area contributed by atoms with Crippen LogP contribution < -0.4 is 0 Å². The van der Waals surface area contributed by atoms with Gasteiger partial charge in [-0.25, -0.2) is 0 Å². The quantitative estimate of drug-likeness (QED) is 0.706. The summed E-state index contributed by atoms with van der Waals surface area (Å²) in [5.41, 5.74) is 0. The molecule has 106 valence electrons. The van der Waals surface area contributed by atoms with Crippen molar-refractivity contribution >= 4 is 34.9 Å². The molecule has 0 atom stereocenters. The summed E-state index contributed by atoms with van der Waals surface area (Å²) in [6.45, 7) is 4.18. The molecule has 0 amide bonds. The molecule has 0 unspecified atom stereocenters. The number of ketones is 2. The molecule has 0 saturated carbocycles. The van der Waals surface area contributed by atoms with Gasteiger partial charge in [0.25, 0.3) is 0 Å². The molecule has 1 rings (SSSR count). The van der Waals surface area contributed by atoms with E-state index in [1.165, 1.54) is 26.0 Å². The standard InChI is InChI=1S/C13H17ClO4S/c1-7(2)5-6-19-13-8(14)9(15)11(17-3)12(18-4)10(13)16/h7H,5-6H2,1-4H3. The lowest BCUT2D eigenvalue weighted by atomic mass is 10.1. The third-order valence-electron chi connectivity index (χ3n) is 2.57. The zero-order valence-corrected chi connectivity index (χ0v) is 13.0. The Balaban J connectivity index is 2.96. The largest absolute Gasteiger partial charge is 0.489 e. The van der Waals surface area contributed by atoms with Gasteiger partial charge in [-0.2, -0.15) is 0 Å². The number of thioether (sulfide) groups is 1. The van der Waals surface area contributed by atoms with Crippen LogP contribution in [0.1, 0.15) is 20.3 Å². The van der Waals surface area contributed by atoms with Crippen LogP contribution in [0.5, 0.6) is 0 Å². The summed E-state index contributed by atoms with van der Waals surface area (Å²) in [5.74, 6) is 0.134. The zero-order valence-electron chi connectivity index (χ0n) is 11.4. The highest BCUT2D eigenvalue weighted by Gasteiger charge is 2.36. The Morgan fingerprint density at radius 3 is 2.11 bits per heavy atom. The van der Waals surface area contributed by atoms with Crippen LogP contribution in [0.3, 0.4) is 0 Å². The highest BCUT2D eigenvalue weighted by molar-refractivity contribution is 8.04. The number of methoxy groups -OCH3 is 2. The van der Waals surface area contributed by atoms with E-state index in [-0.39, 0.29) is 21.5 Å². The number of halogens is 1. The molecule has 1 aliphatic carbocycles. The average Bonchev–Trinajstić information content (AvgIpc) is 2.37. The molecule has 19 heavy (non-hydrogen) atoms. The van der Waals surface area contributed by atoms with Gasteiger partial charge in [-0.1, -0.05) is 25.4 Å². The third kappa shape index (κ3) is 3.54. The normalized spacial score (nSPS) is 16.5. The molecule has 0 bridgehead atoms. The molecule has 6 heteroatoms. The fourth-order valence-corrected chi connectivity index (χ4v) is 3.08. The maximum atomic E-state index is 12.2. The lowest BCUT2D eigenvalue weighted by Crippen LogP contribution is -2.23. The molecule has 0 N–H and O–H groups in total. The third-order valence-corrected chi connectivity index (χ3v) is 4.16. The summed E-state index contributed by atoms with van der Waals surface area (Å²) in [5, 5.41) is -0.0867. The zero-order chi connectivity index (χ0) is 14.6. The van der Waals surface area contributed by atoms with Gasteiger partial charge in [0.1, 0.15) is 5.03 Å². The fraction of sp³-hybridized carbons (Fsp3) is 0.538. The average molecular weight is 305 g/mol. The molecule has 1 aliphatic rings. The van der Waals surface area contributed by atoms with Crippen LogP contribution in [0, 0.1) is 5.92 Å². The van der Waals surface area contributed by atoms with Gasteiger partial charge in [-0.05, 0) is 18.1 Å². The van der Waals surface area contributed by atoms with Crippen molar-refractivity contribution in [1.29, 1.82) is 0 Å². The monoisotopic (exact) mass is 304 g/mol. The van der Waals surface area contributed by atoms with Crippen molar-refractivity contribution in [3.05, 3.63) is 21.5 Å². The van der Waals surface area contributed by atoms with Crippen LogP contribution >= 0.6 is 23.4 Å². The highest BCUT2D eigenvalue weighted by atomic mass is 35.5. The van der Waals surface area contributed by atoms with Crippen molar-refractivity contribution in [2.24, 2.45) is 5.92 Å². The SMILES string of the molecule is COC1=C(OC)C(=O)C(SCCC(C)C)=C(Cl)C1=O. The fourth-order valence-electron chi connectivity index (χ4n) is 1.51. The van der Waals surface area contributed by atoms with Gasteiger partial charge >= 0.3 is 0 Å². The Labute approximate surface area is 122 Å². The van der Waals surface area contributed by atoms with Crippen molar-refractivity contribution in [3.63, 3.8) is 0 Å². The van der Waals surface area contributed by atoms with E-state index in [4.69, 9.17) is 21.1 Å². The van der Waals surface area contributed by atoms with Crippen molar-refractivity contribution in [3.8, 4) is 0 Å². The van der Waals surface area contributed by atoms with Crippen molar-refractivity contribution in [1.82, 2.24) is 0 Å². The Morgan fingerprint density at radius 1 is 1.11 bits per heavy atom. The molecule has 0 radical (unpaired) electrons.